The minimum Gasteiger partial charge on any atom is -0.245 e. The van der Waals surface area contributed by atoms with Crippen LogP contribution in [0.4, 0.5) is 5.00 Å². The topological polar surface area (TPSA) is 25.2 Å². The van der Waals surface area contributed by atoms with Crippen LogP contribution in [0, 0.1) is 0 Å². The van der Waals surface area contributed by atoms with E-state index in [4.69, 9.17) is 4.98 Å². The highest BCUT2D eigenvalue weighted by atomic mass is 32.1. The van der Waals surface area contributed by atoms with Crippen LogP contribution in [-0.2, 0) is 17.3 Å². The summed E-state index contributed by atoms with van der Waals surface area (Å²) >= 11 is 1.72. The Balaban J connectivity index is 2.14. The van der Waals surface area contributed by atoms with E-state index in [-0.39, 0.29) is 10.8 Å². The molecule has 0 atom stereocenters. The van der Waals surface area contributed by atoms with Gasteiger partial charge in [-0.1, -0.05) is 71.1 Å². The van der Waals surface area contributed by atoms with Gasteiger partial charge in [-0.3, -0.25) is 0 Å². The number of hydrogen-bond acceptors (Lipinski definition) is 3. The minimum atomic E-state index is 0.0892. The number of aliphatic imine (C=N–C) groups is 1. The van der Waals surface area contributed by atoms with Gasteiger partial charge in [-0.25, -0.2) is 9.98 Å². The van der Waals surface area contributed by atoms with Gasteiger partial charge in [0.15, 0.2) is 0 Å². The molecule has 0 radical (unpaired) electrons. The fourth-order valence-electron chi connectivity index (χ4n) is 2.93. The van der Waals surface area contributed by atoms with Gasteiger partial charge in [-0.05, 0) is 28.9 Å². The largest absolute Gasteiger partial charge is 0.245 e. The van der Waals surface area contributed by atoms with Crippen molar-refractivity contribution in [3.63, 3.8) is 0 Å². The summed E-state index contributed by atoms with van der Waals surface area (Å²) < 4.78 is 0. The van der Waals surface area contributed by atoms with Crippen LogP contribution in [0.25, 0.3) is 10.6 Å². The molecule has 1 aliphatic rings. The van der Waals surface area contributed by atoms with Crippen molar-refractivity contribution in [2.75, 3.05) is 0 Å². The van der Waals surface area contributed by atoms with E-state index in [2.05, 4.69) is 71.7 Å². The van der Waals surface area contributed by atoms with Gasteiger partial charge in [-0.15, -0.1) is 0 Å². The summed E-state index contributed by atoms with van der Waals surface area (Å²) in [5.74, 6) is 0. The maximum atomic E-state index is 4.88. The quantitative estimate of drug-likeness (QED) is 0.626. The van der Waals surface area contributed by atoms with Crippen molar-refractivity contribution in [2.45, 2.75) is 65.7 Å². The fourth-order valence-corrected chi connectivity index (χ4v) is 4.00. The molecule has 1 aromatic carbocycles. The van der Waals surface area contributed by atoms with E-state index in [1.807, 2.05) is 0 Å². The van der Waals surface area contributed by atoms with Crippen molar-refractivity contribution in [3.8, 4) is 10.6 Å². The SMILES string of the molecule is CC1=Nc2sc(-c3ccc(C(C)(C)C)cc3C(C)(C)C)nc2C1. The van der Waals surface area contributed by atoms with Gasteiger partial charge in [0.25, 0.3) is 0 Å². The molecule has 122 valence electrons. The Morgan fingerprint density at radius 3 is 2.26 bits per heavy atom. The van der Waals surface area contributed by atoms with Gasteiger partial charge in [0.1, 0.15) is 10.0 Å². The van der Waals surface area contributed by atoms with Crippen LogP contribution in [0.3, 0.4) is 0 Å². The maximum Gasteiger partial charge on any atom is 0.139 e. The second-order valence-electron chi connectivity index (χ2n) is 8.56. The summed E-state index contributed by atoms with van der Waals surface area (Å²) in [7, 11) is 0. The summed E-state index contributed by atoms with van der Waals surface area (Å²) in [6, 6.07) is 6.88. The van der Waals surface area contributed by atoms with Gasteiger partial charge in [0.2, 0.25) is 0 Å². The Morgan fingerprint density at radius 1 is 1.00 bits per heavy atom. The van der Waals surface area contributed by atoms with E-state index >= 15 is 0 Å². The van der Waals surface area contributed by atoms with E-state index in [0.29, 0.717) is 0 Å². The predicted molar refractivity (Wildman–Crippen MR) is 101 cm³/mol. The molecule has 0 unspecified atom stereocenters. The third-order valence-corrected chi connectivity index (χ3v) is 5.34. The van der Waals surface area contributed by atoms with E-state index < -0.39 is 0 Å². The molecule has 0 bridgehead atoms. The Bertz CT molecular complexity index is 783. The average Bonchev–Trinajstić information content (AvgIpc) is 2.93. The highest BCUT2D eigenvalue weighted by molar-refractivity contribution is 7.19. The lowest BCUT2D eigenvalue weighted by Crippen LogP contribution is -2.17. The van der Waals surface area contributed by atoms with Gasteiger partial charge in [0.05, 0.1) is 5.69 Å². The molecule has 2 heterocycles. The van der Waals surface area contributed by atoms with E-state index in [9.17, 15) is 0 Å². The number of thiazole rings is 1. The summed E-state index contributed by atoms with van der Waals surface area (Å²) in [5.41, 5.74) is 6.57. The second-order valence-corrected chi connectivity index (χ2v) is 9.53. The van der Waals surface area contributed by atoms with Crippen molar-refractivity contribution in [3.05, 3.63) is 35.0 Å². The maximum absolute atomic E-state index is 4.88. The first-order chi connectivity index (χ1) is 10.6. The summed E-state index contributed by atoms with van der Waals surface area (Å²) in [5, 5.41) is 2.20. The number of benzene rings is 1. The molecule has 0 saturated carbocycles. The number of hydrogen-bond donors (Lipinski definition) is 0. The minimum absolute atomic E-state index is 0.0892. The second kappa shape index (κ2) is 5.27. The van der Waals surface area contributed by atoms with Gasteiger partial charge in [0, 0.05) is 17.7 Å². The Hall–Kier alpha value is -1.48. The van der Waals surface area contributed by atoms with E-state index in [1.165, 1.54) is 22.4 Å². The molecule has 0 spiro atoms. The Kier molecular flexibility index (Phi) is 3.75. The average molecular weight is 327 g/mol. The zero-order valence-electron chi connectivity index (χ0n) is 15.2. The third kappa shape index (κ3) is 3.12. The number of aromatic nitrogens is 1. The van der Waals surface area contributed by atoms with Crippen LogP contribution < -0.4 is 0 Å². The number of rotatable bonds is 1. The highest BCUT2D eigenvalue weighted by Crippen LogP contribution is 2.42. The molecule has 0 N–H and O–H groups in total. The predicted octanol–water partition coefficient (Wildman–Crippen LogP) is 6.05. The monoisotopic (exact) mass is 326 g/mol. The lowest BCUT2D eigenvalue weighted by atomic mass is 9.78. The highest BCUT2D eigenvalue weighted by Gasteiger charge is 2.25. The molecule has 0 aliphatic carbocycles. The standard InChI is InChI=1S/C20H26N2S/c1-12-10-16-18(21-12)23-17(22-16)14-9-8-13(19(2,3)4)11-15(14)20(5,6)7/h8-9,11H,10H2,1-7H3. The molecule has 2 aromatic rings. The van der Waals surface area contributed by atoms with E-state index in [0.717, 1.165) is 22.1 Å². The molecular formula is C20H26N2S. The van der Waals surface area contributed by atoms with Crippen molar-refractivity contribution in [1.82, 2.24) is 4.98 Å². The lowest BCUT2D eigenvalue weighted by Gasteiger charge is -2.27. The van der Waals surface area contributed by atoms with Gasteiger partial charge >= 0.3 is 0 Å². The number of nitrogens with zero attached hydrogens (tertiary/aromatic N) is 2. The molecule has 2 nitrogen and oxygen atoms in total. The summed E-state index contributed by atoms with van der Waals surface area (Å²) in [4.78, 5) is 9.50. The zero-order valence-corrected chi connectivity index (χ0v) is 16.1. The van der Waals surface area contributed by atoms with Gasteiger partial charge in [-0.2, -0.15) is 0 Å². The van der Waals surface area contributed by atoms with Crippen molar-refractivity contribution < 1.29 is 0 Å². The Labute approximate surface area is 143 Å². The molecule has 0 saturated heterocycles. The molecule has 23 heavy (non-hydrogen) atoms. The van der Waals surface area contributed by atoms with Crippen LogP contribution in [0.2, 0.25) is 0 Å². The Morgan fingerprint density at radius 2 is 1.70 bits per heavy atom. The van der Waals surface area contributed by atoms with Crippen LogP contribution in [0.1, 0.15) is 65.3 Å². The fraction of sp³-hybridized carbons (Fsp3) is 0.500. The lowest BCUT2D eigenvalue weighted by molar-refractivity contribution is 0.569. The number of fused-ring (bicyclic) bond motifs is 1. The first kappa shape index (κ1) is 16.4. The summed E-state index contributed by atoms with van der Waals surface area (Å²) in [6.07, 6.45) is 0.900. The molecule has 3 heteroatoms. The molecular weight excluding hydrogens is 300 g/mol. The molecule has 1 aliphatic heterocycles. The molecule has 3 rings (SSSR count). The molecule has 0 fully saturated rings. The summed E-state index contributed by atoms with van der Waals surface area (Å²) in [6.45, 7) is 15.7. The van der Waals surface area contributed by atoms with Crippen LogP contribution in [0.5, 0.6) is 0 Å². The molecule has 0 amide bonds. The van der Waals surface area contributed by atoms with Crippen LogP contribution >= 0.6 is 11.3 Å². The normalized spacial score (nSPS) is 14.8. The van der Waals surface area contributed by atoms with E-state index in [1.54, 1.807) is 11.3 Å². The van der Waals surface area contributed by atoms with Crippen molar-refractivity contribution in [2.24, 2.45) is 4.99 Å². The molecule has 1 aromatic heterocycles. The van der Waals surface area contributed by atoms with Crippen molar-refractivity contribution >= 4 is 22.0 Å². The van der Waals surface area contributed by atoms with Gasteiger partial charge < -0.3 is 0 Å². The van der Waals surface area contributed by atoms with Crippen molar-refractivity contribution in [1.29, 1.82) is 0 Å². The van der Waals surface area contributed by atoms with Crippen LogP contribution in [0.15, 0.2) is 23.2 Å². The smallest absolute Gasteiger partial charge is 0.139 e. The van der Waals surface area contributed by atoms with Crippen LogP contribution in [-0.4, -0.2) is 10.7 Å². The zero-order chi connectivity index (χ0) is 17.0. The first-order valence-electron chi connectivity index (χ1n) is 8.25. The first-order valence-corrected chi connectivity index (χ1v) is 9.06. The third-order valence-electron chi connectivity index (χ3n) is 4.32.